The maximum Gasteiger partial charge on any atom is 0.169 e. The van der Waals surface area contributed by atoms with Crippen LogP contribution in [0.3, 0.4) is 0 Å². The number of benzene rings is 16. The zero-order valence-corrected chi connectivity index (χ0v) is 73.6. The first-order valence-electron chi connectivity index (χ1n) is 41.2. The highest BCUT2D eigenvalue weighted by Crippen LogP contribution is 2.42. The third-order valence-electron chi connectivity index (χ3n) is 23.0. The zero-order chi connectivity index (χ0) is 84.6. The molecule has 0 aliphatic carbocycles. The lowest BCUT2D eigenvalue weighted by atomic mass is 9.92. The van der Waals surface area contributed by atoms with Gasteiger partial charge in [-0.05, 0) is 149 Å². The van der Waals surface area contributed by atoms with E-state index in [2.05, 4.69) is 487 Å². The lowest BCUT2D eigenvalue weighted by Gasteiger charge is -2.14. The van der Waals surface area contributed by atoms with E-state index in [1.165, 1.54) is 88.1 Å². The summed E-state index contributed by atoms with van der Waals surface area (Å²) in [6, 6.07) is 139. The van der Waals surface area contributed by atoms with Gasteiger partial charge >= 0.3 is 0 Å². The smallest absolute Gasteiger partial charge is 0.169 e. The van der Waals surface area contributed by atoms with E-state index < -0.39 is 0 Å². The van der Waals surface area contributed by atoms with Crippen molar-refractivity contribution in [3.05, 3.63) is 443 Å². The molecule has 0 unspecified atom stereocenters. The number of nitrogens with zero attached hydrogens (tertiary/aromatic N) is 12. The van der Waals surface area contributed by atoms with Crippen LogP contribution in [0.4, 0.5) is 0 Å². The number of fused-ring (bicyclic) bond motifs is 13. The summed E-state index contributed by atoms with van der Waals surface area (Å²) < 4.78 is 12.6. The lowest BCUT2D eigenvalue weighted by Crippen LogP contribution is -1.94. The fourth-order valence-corrected chi connectivity index (χ4v) is 17.9. The Labute approximate surface area is 758 Å². The quantitative estimate of drug-likeness (QED) is 0.126. The number of hydrogen-bond donors (Lipinski definition) is 0. The van der Waals surface area contributed by atoms with Crippen molar-refractivity contribution in [2.75, 3.05) is 0 Å². The molecule has 126 heavy (non-hydrogen) atoms. The van der Waals surface area contributed by atoms with Crippen molar-refractivity contribution in [1.82, 2.24) is 58.4 Å². The van der Waals surface area contributed by atoms with E-state index >= 15 is 0 Å². The molecule has 24 aromatic rings. The van der Waals surface area contributed by atoms with Gasteiger partial charge in [-0.25, -0.2) is 0 Å². The predicted octanol–water partition coefficient (Wildman–Crippen LogP) is 30.1. The van der Waals surface area contributed by atoms with Gasteiger partial charge in [-0.3, -0.25) is 17.6 Å². The Kier molecular flexibility index (Phi) is 21.5. The van der Waals surface area contributed by atoms with Gasteiger partial charge in [-0.15, -0.1) is 40.8 Å². The van der Waals surface area contributed by atoms with Gasteiger partial charge in [-0.1, -0.05) is 403 Å². The van der Waals surface area contributed by atoms with Crippen LogP contribution in [-0.2, 0) is 0 Å². The molecule has 0 radical (unpaired) electrons. The molecule has 0 aliphatic heterocycles. The SMILES string of the molecule is Brc1ccc(-c2nnc3c4ccccc4c(-c4ccc(-c5ccccc5)cc4)cn23)cc1.Brc1ccc(-c2nnc3c4ccccc4c(-c4ccc5ccccc5c4)cn23)cc1.Brc1ccc(-c2nnc3c4ccccc4c(-c4cccc(-c5ccccc5)c4)cn23)cc1.Brc1ccc(-c2nnc3c4ccccc4c(-c4ccccc4-c4ccccc4)cn23)cc1. The second-order valence-corrected chi connectivity index (χ2v) is 34.3. The second-order valence-electron chi connectivity index (χ2n) is 30.6. The monoisotopic (exact) mass is 1870 g/mol. The average Bonchev–Trinajstić information content (AvgIpc) is 1.55. The van der Waals surface area contributed by atoms with Crippen LogP contribution in [0, 0.1) is 0 Å². The molecule has 0 aliphatic rings. The van der Waals surface area contributed by atoms with Gasteiger partial charge < -0.3 is 0 Å². The van der Waals surface area contributed by atoms with Crippen LogP contribution in [-0.4, -0.2) is 58.4 Å². The van der Waals surface area contributed by atoms with Gasteiger partial charge in [0.1, 0.15) is 0 Å². The predicted molar refractivity (Wildman–Crippen MR) is 530 cm³/mol. The van der Waals surface area contributed by atoms with Gasteiger partial charge in [0.05, 0.1) is 0 Å². The summed E-state index contributed by atoms with van der Waals surface area (Å²) in [5.41, 5.74) is 24.1. The molecule has 8 aromatic heterocycles. The van der Waals surface area contributed by atoms with E-state index in [-0.39, 0.29) is 0 Å². The highest BCUT2D eigenvalue weighted by atomic mass is 79.9. The Morgan fingerprint density at radius 1 is 0.151 bits per heavy atom. The molecule has 0 amide bonds. The van der Waals surface area contributed by atoms with Gasteiger partial charge in [-0.2, -0.15) is 0 Å². The second kappa shape index (κ2) is 34.5. The molecule has 0 saturated heterocycles. The van der Waals surface area contributed by atoms with E-state index in [0.29, 0.717) is 0 Å². The summed E-state index contributed by atoms with van der Waals surface area (Å²) in [6.45, 7) is 0. The van der Waals surface area contributed by atoms with Crippen LogP contribution in [0.25, 0.3) is 200 Å². The summed E-state index contributed by atoms with van der Waals surface area (Å²) >= 11 is 14.1. The highest BCUT2D eigenvalue weighted by Gasteiger charge is 2.22. The average molecular weight is 1880 g/mol. The minimum atomic E-state index is 0.830. The third-order valence-corrected chi connectivity index (χ3v) is 25.1. The first-order chi connectivity index (χ1) is 62.1. The van der Waals surface area contributed by atoms with Crippen LogP contribution in [0.5, 0.6) is 0 Å². The van der Waals surface area contributed by atoms with Crippen LogP contribution < -0.4 is 0 Å². The highest BCUT2D eigenvalue weighted by molar-refractivity contribution is 9.11. The molecule has 0 spiro atoms. The van der Waals surface area contributed by atoms with Gasteiger partial charge in [0, 0.05) is 109 Å². The van der Waals surface area contributed by atoms with Crippen molar-refractivity contribution in [3.63, 3.8) is 0 Å². The Balaban J connectivity index is 0.000000103. The first kappa shape index (κ1) is 78.5. The Morgan fingerprint density at radius 3 is 0.810 bits per heavy atom. The van der Waals surface area contributed by atoms with E-state index in [1.54, 1.807) is 0 Å². The minimum Gasteiger partial charge on any atom is -0.281 e. The number of hydrogen-bond acceptors (Lipinski definition) is 8. The number of aromatic nitrogens is 12. The molecule has 0 N–H and O–H groups in total. The van der Waals surface area contributed by atoms with Gasteiger partial charge in [0.25, 0.3) is 0 Å². The summed E-state index contributed by atoms with van der Waals surface area (Å²) in [7, 11) is 0. The third kappa shape index (κ3) is 15.4. The molecule has 0 saturated carbocycles. The van der Waals surface area contributed by atoms with Crippen molar-refractivity contribution in [3.8, 4) is 123 Å². The van der Waals surface area contributed by atoms with Crippen molar-refractivity contribution < 1.29 is 0 Å². The Hall–Kier alpha value is -14.8. The molecule has 16 aromatic carbocycles. The van der Waals surface area contributed by atoms with Crippen molar-refractivity contribution in [2.24, 2.45) is 0 Å². The molecule has 12 nitrogen and oxygen atoms in total. The fraction of sp³-hybridized carbons (Fsp3) is 0. The van der Waals surface area contributed by atoms with Crippen LogP contribution in [0.2, 0.25) is 0 Å². The van der Waals surface area contributed by atoms with Crippen molar-refractivity contribution in [1.29, 1.82) is 0 Å². The molecular formula is C110H70Br4N12. The normalized spacial score (nSPS) is 11.3. The number of rotatable bonds is 11. The number of halogens is 4. The van der Waals surface area contributed by atoms with Crippen LogP contribution >= 0.6 is 63.7 Å². The van der Waals surface area contributed by atoms with Crippen molar-refractivity contribution >= 4 is 140 Å². The molecule has 0 atom stereocenters. The van der Waals surface area contributed by atoms with Gasteiger partial charge in [0.2, 0.25) is 0 Å². The lowest BCUT2D eigenvalue weighted by molar-refractivity contribution is 1.11. The van der Waals surface area contributed by atoms with Crippen LogP contribution in [0.1, 0.15) is 0 Å². The largest absolute Gasteiger partial charge is 0.281 e. The maximum absolute atomic E-state index is 4.56. The molecule has 598 valence electrons. The van der Waals surface area contributed by atoms with Crippen molar-refractivity contribution in [2.45, 2.75) is 0 Å². The van der Waals surface area contributed by atoms with E-state index in [0.717, 1.165) is 130 Å². The standard InChI is InChI=1S/3C28H18BrN3.C26H16BrN3/c29-21-16-14-20(15-17-21)27-30-31-28-25-13-7-6-12-24(25)26(18-32(27)28)23-11-5-4-10-22(23)19-8-2-1-3-9-19;29-23-15-13-20(14-16-23)27-30-31-28-25-12-5-4-11-24(25)26(18-32(27)28)22-10-6-9-21(17-22)19-7-2-1-3-8-19;29-23-16-14-22(15-17-23)27-30-31-28-25-9-5-4-8-24(25)26(18-32(27)28)21-12-10-20(11-13-21)19-6-2-1-3-7-19;27-21-13-11-18(12-14-21)25-28-29-26-23-8-4-3-7-22(23)24(16-30(25)26)20-10-9-17-5-1-2-6-19(17)15-20/h3*1-18H;1-16H. The zero-order valence-electron chi connectivity index (χ0n) is 67.3. The van der Waals surface area contributed by atoms with E-state index in [1.807, 2.05) is 60.7 Å². The molecular weight excluding hydrogens is 1810 g/mol. The van der Waals surface area contributed by atoms with E-state index in [9.17, 15) is 0 Å². The molecule has 16 heteroatoms. The fourth-order valence-electron chi connectivity index (χ4n) is 16.8. The molecule has 24 rings (SSSR count). The molecule has 8 heterocycles. The first-order valence-corrected chi connectivity index (χ1v) is 44.4. The summed E-state index contributed by atoms with van der Waals surface area (Å²) in [5, 5.41) is 47.9. The Bertz CT molecular complexity index is 8170. The molecule has 0 bridgehead atoms. The van der Waals surface area contributed by atoms with E-state index in [4.69, 9.17) is 0 Å². The number of pyridine rings is 4. The van der Waals surface area contributed by atoms with Gasteiger partial charge in [0.15, 0.2) is 45.9 Å². The summed E-state index contributed by atoms with van der Waals surface area (Å²) in [4.78, 5) is 0. The van der Waals surface area contributed by atoms with Crippen LogP contribution in [0.15, 0.2) is 443 Å². The maximum atomic E-state index is 4.56. The summed E-state index contributed by atoms with van der Waals surface area (Å²) in [6.07, 6.45) is 8.67. The minimum absolute atomic E-state index is 0.830. The Morgan fingerprint density at radius 2 is 0.405 bits per heavy atom. The molecule has 0 fully saturated rings. The summed E-state index contributed by atoms with van der Waals surface area (Å²) in [5.74, 6) is 3.33. The topological polar surface area (TPSA) is 121 Å².